The van der Waals surface area contributed by atoms with Crippen molar-refractivity contribution in [2.75, 3.05) is 19.6 Å². The average Bonchev–Trinajstić information content (AvgIpc) is 2.44. The maximum atomic E-state index is 13.1. The zero-order valence-electron chi connectivity index (χ0n) is 11.0. The minimum atomic E-state index is -0.497. The van der Waals surface area contributed by atoms with Crippen LogP contribution in [-0.4, -0.2) is 36.5 Å². The summed E-state index contributed by atoms with van der Waals surface area (Å²) in [5, 5.41) is 3.27. The van der Waals surface area contributed by atoms with Gasteiger partial charge in [-0.05, 0) is 51.1 Å². The standard InChI is InChI=1S/C14H18ClFN2O/c1-2-18(11-5-7-17-8-6-11)14(19)10-3-4-13(16)12(15)9-10/h3-4,9,11,17H,2,5-8H2,1H3. The Bertz CT molecular complexity index is 461. The van der Waals surface area contributed by atoms with Crippen LogP contribution in [0.4, 0.5) is 4.39 Å². The number of rotatable bonds is 3. The molecule has 1 aromatic rings. The lowest BCUT2D eigenvalue weighted by Crippen LogP contribution is -2.46. The molecule has 0 spiro atoms. The molecule has 0 aliphatic carbocycles. The highest BCUT2D eigenvalue weighted by Crippen LogP contribution is 2.20. The Morgan fingerprint density at radius 3 is 2.74 bits per heavy atom. The van der Waals surface area contributed by atoms with Crippen LogP contribution in [0.1, 0.15) is 30.1 Å². The second-order valence-electron chi connectivity index (χ2n) is 4.70. The highest BCUT2D eigenvalue weighted by Gasteiger charge is 2.25. The van der Waals surface area contributed by atoms with Crippen molar-refractivity contribution in [1.29, 1.82) is 0 Å². The van der Waals surface area contributed by atoms with Gasteiger partial charge in [0.05, 0.1) is 5.02 Å². The summed E-state index contributed by atoms with van der Waals surface area (Å²) < 4.78 is 13.1. The van der Waals surface area contributed by atoms with Crippen LogP contribution in [0.3, 0.4) is 0 Å². The molecule has 104 valence electrons. The third-order valence-electron chi connectivity index (χ3n) is 3.52. The summed E-state index contributed by atoms with van der Waals surface area (Å²) in [4.78, 5) is 14.3. The smallest absolute Gasteiger partial charge is 0.254 e. The summed E-state index contributed by atoms with van der Waals surface area (Å²) in [6.45, 7) is 4.47. The molecule has 2 rings (SSSR count). The number of nitrogens with one attached hydrogen (secondary N) is 1. The summed E-state index contributed by atoms with van der Waals surface area (Å²) in [5.74, 6) is -0.570. The number of hydrogen-bond donors (Lipinski definition) is 1. The fourth-order valence-corrected chi connectivity index (χ4v) is 2.66. The molecule has 1 aromatic carbocycles. The molecule has 1 aliphatic heterocycles. The number of carbonyl (C=O) groups excluding carboxylic acids is 1. The van der Waals surface area contributed by atoms with E-state index in [9.17, 15) is 9.18 Å². The molecule has 1 saturated heterocycles. The Labute approximate surface area is 117 Å². The largest absolute Gasteiger partial charge is 0.336 e. The molecule has 0 atom stereocenters. The van der Waals surface area contributed by atoms with Gasteiger partial charge < -0.3 is 10.2 Å². The molecule has 0 radical (unpaired) electrons. The molecule has 1 aliphatic rings. The Morgan fingerprint density at radius 1 is 1.47 bits per heavy atom. The minimum Gasteiger partial charge on any atom is -0.336 e. The molecular formula is C14H18ClFN2O. The maximum absolute atomic E-state index is 13.1. The van der Waals surface area contributed by atoms with E-state index in [0.717, 1.165) is 25.9 Å². The van der Waals surface area contributed by atoms with Gasteiger partial charge in [0.2, 0.25) is 0 Å². The van der Waals surface area contributed by atoms with Crippen molar-refractivity contribution < 1.29 is 9.18 Å². The molecule has 1 fully saturated rings. The van der Waals surface area contributed by atoms with E-state index in [2.05, 4.69) is 5.32 Å². The predicted molar refractivity (Wildman–Crippen MR) is 74.0 cm³/mol. The number of nitrogens with zero attached hydrogens (tertiary/aromatic N) is 1. The quantitative estimate of drug-likeness (QED) is 0.926. The summed E-state index contributed by atoms with van der Waals surface area (Å²) in [5.41, 5.74) is 0.451. The third-order valence-corrected chi connectivity index (χ3v) is 3.81. The first-order valence-electron chi connectivity index (χ1n) is 6.60. The lowest BCUT2D eigenvalue weighted by Gasteiger charge is -2.34. The number of halogens is 2. The van der Waals surface area contributed by atoms with Gasteiger partial charge in [0, 0.05) is 18.2 Å². The van der Waals surface area contributed by atoms with Gasteiger partial charge in [0.25, 0.3) is 5.91 Å². The van der Waals surface area contributed by atoms with E-state index >= 15 is 0 Å². The lowest BCUT2D eigenvalue weighted by atomic mass is 10.0. The first-order chi connectivity index (χ1) is 9.13. The molecule has 1 N–H and O–H groups in total. The number of amides is 1. The van der Waals surface area contributed by atoms with Gasteiger partial charge >= 0.3 is 0 Å². The van der Waals surface area contributed by atoms with Crippen LogP contribution in [0.5, 0.6) is 0 Å². The molecule has 19 heavy (non-hydrogen) atoms. The fourth-order valence-electron chi connectivity index (χ4n) is 2.48. The van der Waals surface area contributed by atoms with E-state index in [0.29, 0.717) is 12.1 Å². The van der Waals surface area contributed by atoms with Gasteiger partial charge in [-0.3, -0.25) is 4.79 Å². The van der Waals surface area contributed by atoms with Gasteiger partial charge in [0.15, 0.2) is 0 Å². The molecule has 1 amide bonds. The molecule has 1 heterocycles. The first kappa shape index (κ1) is 14.3. The van der Waals surface area contributed by atoms with Gasteiger partial charge in [0.1, 0.15) is 5.82 Å². The Morgan fingerprint density at radius 2 is 2.16 bits per heavy atom. The summed E-state index contributed by atoms with van der Waals surface area (Å²) in [6.07, 6.45) is 1.91. The third kappa shape index (κ3) is 3.25. The van der Waals surface area contributed by atoms with Crippen LogP contribution in [0.15, 0.2) is 18.2 Å². The Kier molecular flexibility index (Phi) is 4.77. The van der Waals surface area contributed by atoms with E-state index in [1.807, 2.05) is 11.8 Å². The summed E-state index contributed by atoms with van der Waals surface area (Å²) in [7, 11) is 0. The van der Waals surface area contributed by atoms with Gasteiger partial charge in [-0.1, -0.05) is 11.6 Å². The van der Waals surface area contributed by atoms with Gasteiger partial charge in [-0.15, -0.1) is 0 Å². The van der Waals surface area contributed by atoms with Crippen molar-refractivity contribution in [3.63, 3.8) is 0 Å². The molecule has 5 heteroatoms. The van der Waals surface area contributed by atoms with Crippen LogP contribution in [-0.2, 0) is 0 Å². The second kappa shape index (κ2) is 6.35. The molecule has 0 bridgehead atoms. The van der Waals surface area contributed by atoms with Gasteiger partial charge in [-0.25, -0.2) is 4.39 Å². The van der Waals surface area contributed by atoms with Crippen molar-refractivity contribution >= 4 is 17.5 Å². The zero-order chi connectivity index (χ0) is 13.8. The molecule has 0 saturated carbocycles. The van der Waals surface area contributed by atoms with Crippen LogP contribution in [0, 0.1) is 5.82 Å². The topological polar surface area (TPSA) is 32.3 Å². The molecular weight excluding hydrogens is 267 g/mol. The predicted octanol–water partition coefficient (Wildman–Crippen LogP) is 2.69. The highest BCUT2D eigenvalue weighted by atomic mass is 35.5. The van der Waals surface area contributed by atoms with Crippen LogP contribution in [0.25, 0.3) is 0 Å². The number of benzene rings is 1. The second-order valence-corrected chi connectivity index (χ2v) is 5.11. The van der Waals surface area contributed by atoms with Gasteiger partial charge in [-0.2, -0.15) is 0 Å². The van der Waals surface area contributed by atoms with Crippen molar-refractivity contribution in [2.24, 2.45) is 0 Å². The lowest BCUT2D eigenvalue weighted by molar-refractivity contribution is 0.0656. The maximum Gasteiger partial charge on any atom is 0.254 e. The molecule has 0 unspecified atom stereocenters. The summed E-state index contributed by atoms with van der Waals surface area (Å²) >= 11 is 5.74. The normalized spacial score (nSPS) is 16.4. The van der Waals surface area contributed by atoms with Crippen molar-refractivity contribution in [2.45, 2.75) is 25.8 Å². The van der Waals surface area contributed by atoms with E-state index in [1.165, 1.54) is 18.2 Å². The SMILES string of the molecule is CCN(C(=O)c1ccc(F)c(Cl)c1)C1CCNCC1. The number of piperidine rings is 1. The fraction of sp³-hybridized carbons (Fsp3) is 0.500. The van der Waals surface area contributed by atoms with E-state index in [-0.39, 0.29) is 17.0 Å². The summed E-state index contributed by atoms with van der Waals surface area (Å²) in [6, 6.07) is 4.39. The number of hydrogen-bond acceptors (Lipinski definition) is 2. The Hall–Kier alpha value is -1.13. The van der Waals surface area contributed by atoms with E-state index in [1.54, 1.807) is 0 Å². The average molecular weight is 285 g/mol. The van der Waals surface area contributed by atoms with Crippen LogP contribution in [0.2, 0.25) is 5.02 Å². The van der Waals surface area contributed by atoms with E-state index < -0.39 is 5.82 Å². The van der Waals surface area contributed by atoms with Crippen molar-refractivity contribution in [1.82, 2.24) is 10.2 Å². The molecule has 0 aromatic heterocycles. The number of carbonyl (C=O) groups is 1. The zero-order valence-corrected chi connectivity index (χ0v) is 11.7. The minimum absolute atomic E-state index is 0.00721. The van der Waals surface area contributed by atoms with Crippen molar-refractivity contribution in [3.8, 4) is 0 Å². The van der Waals surface area contributed by atoms with Crippen molar-refractivity contribution in [3.05, 3.63) is 34.6 Å². The highest BCUT2D eigenvalue weighted by molar-refractivity contribution is 6.31. The van der Waals surface area contributed by atoms with E-state index in [4.69, 9.17) is 11.6 Å². The monoisotopic (exact) mass is 284 g/mol. The first-order valence-corrected chi connectivity index (χ1v) is 6.98. The van der Waals surface area contributed by atoms with Crippen LogP contribution >= 0.6 is 11.6 Å². The Balaban J connectivity index is 2.17. The van der Waals surface area contributed by atoms with Crippen LogP contribution < -0.4 is 5.32 Å². The molecule has 3 nitrogen and oxygen atoms in total.